The van der Waals surface area contributed by atoms with Crippen LogP contribution < -0.4 is 5.32 Å². The van der Waals surface area contributed by atoms with Crippen LogP contribution in [-0.2, 0) is 16.1 Å². The predicted octanol–water partition coefficient (Wildman–Crippen LogP) is 2.08. The van der Waals surface area contributed by atoms with Crippen molar-refractivity contribution in [1.29, 1.82) is 0 Å². The summed E-state index contributed by atoms with van der Waals surface area (Å²) in [4.78, 5) is 22.9. The molecule has 0 atom stereocenters. The Bertz CT molecular complexity index is 561. The normalized spacial score (nSPS) is 10.0. The van der Waals surface area contributed by atoms with Crippen molar-refractivity contribution >= 4 is 35.1 Å². The van der Waals surface area contributed by atoms with Crippen LogP contribution >= 0.6 is 23.1 Å². The van der Waals surface area contributed by atoms with Gasteiger partial charge in [-0.25, -0.2) is 4.79 Å². The molecule has 0 spiro atoms. The summed E-state index contributed by atoms with van der Waals surface area (Å²) in [6.45, 7) is 0.128. The first-order valence-corrected chi connectivity index (χ1v) is 7.50. The second kappa shape index (κ2) is 7.61. The highest BCUT2D eigenvalue weighted by Gasteiger charge is 2.10. The lowest BCUT2D eigenvalue weighted by atomic mass is 10.2. The summed E-state index contributed by atoms with van der Waals surface area (Å²) >= 11 is 2.55. The molecule has 2 aromatic rings. The van der Waals surface area contributed by atoms with E-state index in [1.807, 2.05) is 30.3 Å². The Hall–Kier alpha value is -1.93. The van der Waals surface area contributed by atoms with Crippen molar-refractivity contribution in [2.24, 2.45) is 0 Å². The van der Waals surface area contributed by atoms with Gasteiger partial charge in [-0.15, -0.1) is 10.2 Å². The van der Waals surface area contributed by atoms with Crippen LogP contribution in [0.1, 0.15) is 5.56 Å². The molecule has 0 saturated heterocycles. The minimum Gasteiger partial charge on any atom is -0.444 e. The highest BCUT2D eigenvalue weighted by atomic mass is 32.2. The quantitative estimate of drug-likeness (QED) is 0.852. The molecule has 2 amide bonds. The van der Waals surface area contributed by atoms with Crippen LogP contribution in [0.25, 0.3) is 0 Å². The van der Waals surface area contributed by atoms with Gasteiger partial charge < -0.3 is 4.74 Å². The average Bonchev–Trinajstić information content (AvgIpc) is 2.97. The standard InChI is InChI=1S/C12H11N3O3S2/c16-10(7-19-12-15-13-8-20-12)14-11(17)18-6-9-4-2-1-3-5-9/h1-5,8H,6-7H2,(H,14,16,17). The van der Waals surface area contributed by atoms with Gasteiger partial charge in [0.15, 0.2) is 4.34 Å². The van der Waals surface area contributed by atoms with Gasteiger partial charge >= 0.3 is 6.09 Å². The Morgan fingerprint density at radius 2 is 2.10 bits per heavy atom. The molecule has 0 unspecified atom stereocenters. The van der Waals surface area contributed by atoms with Crippen LogP contribution in [0.2, 0.25) is 0 Å². The molecule has 0 saturated carbocycles. The Kier molecular flexibility index (Phi) is 5.51. The van der Waals surface area contributed by atoms with Gasteiger partial charge in [-0.05, 0) is 5.56 Å². The number of ether oxygens (including phenoxy) is 1. The maximum Gasteiger partial charge on any atom is 0.414 e. The fourth-order valence-corrected chi connectivity index (χ4v) is 2.55. The minimum atomic E-state index is -0.753. The fourth-order valence-electron chi connectivity index (χ4n) is 1.26. The molecule has 1 aromatic heterocycles. The zero-order valence-corrected chi connectivity index (χ0v) is 11.9. The van der Waals surface area contributed by atoms with Crippen molar-refractivity contribution in [2.75, 3.05) is 5.75 Å². The number of nitrogens with one attached hydrogen (secondary N) is 1. The van der Waals surface area contributed by atoms with E-state index in [1.165, 1.54) is 23.1 Å². The molecule has 1 heterocycles. The van der Waals surface area contributed by atoms with Gasteiger partial charge in [-0.1, -0.05) is 53.4 Å². The van der Waals surface area contributed by atoms with Gasteiger partial charge in [0.1, 0.15) is 12.1 Å². The summed E-state index contributed by atoms with van der Waals surface area (Å²) in [6.07, 6.45) is -0.753. The Morgan fingerprint density at radius 1 is 1.30 bits per heavy atom. The molecule has 6 nitrogen and oxygen atoms in total. The van der Waals surface area contributed by atoms with Gasteiger partial charge in [-0.2, -0.15) is 0 Å². The number of hydrogen-bond acceptors (Lipinski definition) is 7. The maximum absolute atomic E-state index is 11.5. The summed E-state index contributed by atoms with van der Waals surface area (Å²) in [5.41, 5.74) is 2.44. The second-order valence-electron chi connectivity index (χ2n) is 3.60. The molecule has 1 aromatic carbocycles. The van der Waals surface area contributed by atoms with Crippen molar-refractivity contribution in [1.82, 2.24) is 15.5 Å². The minimum absolute atomic E-state index is 0.0929. The molecular formula is C12H11N3O3S2. The fraction of sp³-hybridized carbons (Fsp3) is 0.167. The summed E-state index contributed by atoms with van der Waals surface area (Å²) in [5, 5.41) is 9.58. The number of imide groups is 1. The van der Waals surface area contributed by atoms with Crippen LogP contribution in [0.15, 0.2) is 40.2 Å². The molecular weight excluding hydrogens is 298 g/mol. The van der Waals surface area contributed by atoms with E-state index in [-0.39, 0.29) is 12.4 Å². The highest BCUT2D eigenvalue weighted by molar-refractivity contribution is 8.01. The molecule has 0 radical (unpaired) electrons. The number of alkyl carbamates (subject to hydrolysis) is 1. The van der Waals surface area contributed by atoms with Gasteiger partial charge in [0, 0.05) is 0 Å². The number of amides is 2. The molecule has 8 heteroatoms. The van der Waals surface area contributed by atoms with Crippen molar-refractivity contribution in [2.45, 2.75) is 10.9 Å². The largest absolute Gasteiger partial charge is 0.444 e. The molecule has 1 N–H and O–H groups in total. The van der Waals surface area contributed by atoms with E-state index in [0.717, 1.165) is 5.56 Å². The van der Waals surface area contributed by atoms with Gasteiger partial charge in [0.25, 0.3) is 0 Å². The highest BCUT2D eigenvalue weighted by Crippen LogP contribution is 2.18. The van der Waals surface area contributed by atoms with Crippen molar-refractivity contribution in [3.05, 3.63) is 41.4 Å². The van der Waals surface area contributed by atoms with E-state index in [0.29, 0.717) is 4.34 Å². The Balaban J connectivity index is 1.67. The van der Waals surface area contributed by atoms with E-state index in [9.17, 15) is 9.59 Å². The average molecular weight is 309 g/mol. The smallest absolute Gasteiger partial charge is 0.414 e. The summed E-state index contributed by atoms with van der Waals surface area (Å²) < 4.78 is 5.61. The number of nitrogens with zero attached hydrogens (tertiary/aromatic N) is 2. The lowest BCUT2D eigenvalue weighted by Gasteiger charge is -2.05. The third kappa shape index (κ3) is 4.98. The number of rotatable bonds is 5. The molecule has 20 heavy (non-hydrogen) atoms. The lowest BCUT2D eigenvalue weighted by molar-refractivity contribution is -0.117. The van der Waals surface area contributed by atoms with Crippen LogP contribution in [0.4, 0.5) is 4.79 Å². The van der Waals surface area contributed by atoms with E-state index < -0.39 is 12.0 Å². The van der Waals surface area contributed by atoms with E-state index in [4.69, 9.17) is 4.74 Å². The number of thioether (sulfide) groups is 1. The summed E-state index contributed by atoms with van der Waals surface area (Å²) in [5.74, 6) is -0.335. The number of carbonyl (C=O) groups excluding carboxylic acids is 2. The van der Waals surface area contributed by atoms with E-state index in [1.54, 1.807) is 5.51 Å². The molecule has 104 valence electrons. The number of carbonyl (C=O) groups is 2. The summed E-state index contributed by atoms with van der Waals surface area (Å²) in [6, 6.07) is 9.24. The molecule has 0 fully saturated rings. The summed E-state index contributed by atoms with van der Waals surface area (Å²) in [7, 11) is 0. The maximum atomic E-state index is 11.5. The lowest BCUT2D eigenvalue weighted by Crippen LogP contribution is -2.32. The predicted molar refractivity (Wildman–Crippen MR) is 75.4 cm³/mol. The topological polar surface area (TPSA) is 81.2 Å². The third-order valence-corrected chi connectivity index (χ3v) is 3.98. The van der Waals surface area contributed by atoms with Crippen LogP contribution in [-0.4, -0.2) is 28.0 Å². The van der Waals surface area contributed by atoms with Gasteiger partial charge in [-0.3, -0.25) is 10.1 Å². The molecule has 0 bridgehead atoms. The van der Waals surface area contributed by atoms with Gasteiger partial charge in [0.05, 0.1) is 5.75 Å². The zero-order chi connectivity index (χ0) is 14.2. The van der Waals surface area contributed by atoms with Crippen LogP contribution in [0.3, 0.4) is 0 Å². The van der Waals surface area contributed by atoms with E-state index >= 15 is 0 Å². The monoisotopic (exact) mass is 309 g/mol. The Labute approximate surface area is 123 Å². The van der Waals surface area contributed by atoms with Crippen molar-refractivity contribution in [3.8, 4) is 0 Å². The molecule has 2 rings (SSSR count). The number of benzene rings is 1. The third-order valence-electron chi connectivity index (χ3n) is 2.12. The second-order valence-corrected chi connectivity index (χ2v) is 5.66. The van der Waals surface area contributed by atoms with Gasteiger partial charge in [0.2, 0.25) is 5.91 Å². The molecule has 0 aliphatic rings. The molecule has 0 aliphatic carbocycles. The number of hydrogen-bond donors (Lipinski definition) is 1. The first kappa shape index (κ1) is 14.5. The van der Waals surface area contributed by atoms with Crippen LogP contribution in [0.5, 0.6) is 0 Å². The van der Waals surface area contributed by atoms with Crippen molar-refractivity contribution < 1.29 is 14.3 Å². The first-order chi connectivity index (χ1) is 9.74. The van der Waals surface area contributed by atoms with Crippen LogP contribution in [0, 0.1) is 0 Å². The zero-order valence-electron chi connectivity index (χ0n) is 10.3. The number of aromatic nitrogens is 2. The Morgan fingerprint density at radius 3 is 2.80 bits per heavy atom. The van der Waals surface area contributed by atoms with E-state index in [2.05, 4.69) is 15.5 Å². The molecule has 0 aliphatic heterocycles. The SMILES string of the molecule is O=C(CSc1nncs1)NC(=O)OCc1ccccc1. The first-order valence-electron chi connectivity index (χ1n) is 5.63. The van der Waals surface area contributed by atoms with Crippen molar-refractivity contribution in [3.63, 3.8) is 0 Å².